The number of nitrogens with one attached hydrogen (secondary N) is 1. The monoisotopic (exact) mass is 415 g/mol. The molecule has 5 rings (SSSR count). The van der Waals surface area contributed by atoms with Gasteiger partial charge < -0.3 is 14.4 Å². The normalized spacial score (nSPS) is 14.9. The minimum atomic E-state index is 0.726. The highest BCUT2D eigenvalue weighted by Gasteiger charge is 2.19. The average Bonchev–Trinajstić information content (AvgIpc) is 3.32. The summed E-state index contributed by atoms with van der Waals surface area (Å²) < 4.78 is 7.64. The molecule has 6 heteroatoms. The maximum absolute atomic E-state index is 5.39. The summed E-state index contributed by atoms with van der Waals surface area (Å²) >= 11 is 0. The lowest BCUT2D eigenvalue weighted by Crippen LogP contribution is -2.19. The van der Waals surface area contributed by atoms with Gasteiger partial charge in [-0.25, -0.2) is 4.98 Å². The minimum absolute atomic E-state index is 0.726. The fourth-order valence-electron chi connectivity index (χ4n) is 4.73. The van der Waals surface area contributed by atoms with E-state index >= 15 is 0 Å². The van der Waals surface area contributed by atoms with Crippen LogP contribution in [0.2, 0.25) is 0 Å². The molecule has 1 fully saturated rings. The molecule has 1 saturated carbocycles. The van der Waals surface area contributed by atoms with Crippen molar-refractivity contribution < 1.29 is 4.52 Å². The summed E-state index contributed by atoms with van der Waals surface area (Å²) in [5.41, 5.74) is 5.93. The molecule has 1 N–H and O–H groups in total. The van der Waals surface area contributed by atoms with E-state index in [0.717, 1.165) is 58.7 Å². The summed E-state index contributed by atoms with van der Waals surface area (Å²) in [4.78, 5) is 9.56. The van der Waals surface area contributed by atoms with E-state index in [2.05, 4.69) is 51.4 Å². The molecular formula is C25H29N5O. The Labute approximate surface area is 182 Å². The second-order valence-corrected chi connectivity index (χ2v) is 8.66. The molecule has 1 aliphatic rings. The smallest absolute Gasteiger partial charge is 0.205 e. The van der Waals surface area contributed by atoms with E-state index in [1.165, 1.54) is 37.7 Å². The summed E-state index contributed by atoms with van der Waals surface area (Å²) in [7, 11) is 0. The van der Waals surface area contributed by atoms with Crippen LogP contribution in [0.3, 0.4) is 0 Å². The van der Waals surface area contributed by atoms with Gasteiger partial charge in [0.15, 0.2) is 5.65 Å². The van der Waals surface area contributed by atoms with E-state index in [-0.39, 0.29) is 0 Å². The molecule has 0 amide bonds. The van der Waals surface area contributed by atoms with Crippen molar-refractivity contribution in [2.45, 2.75) is 52.5 Å². The Morgan fingerprint density at radius 1 is 1.10 bits per heavy atom. The van der Waals surface area contributed by atoms with Gasteiger partial charge in [0.2, 0.25) is 5.95 Å². The van der Waals surface area contributed by atoms with Gasteiger partial charge >= 0.3 is 0 Å². The Balaban J connectivity index is 1.54. The largest absolute Gasteiger partial charge is 0.361 e. The third kappa shape index (κ3) is 4.07. The number of benzene rings is 1. The van der Waals surface area contributed by atoms with E-state index in [0.29, 0.717) is 0 Å². The number of pyridine rings is 1. The Morgan fingerprint density at radius 3 is 2.65 bits per heavy atom. The number of nitrogens with zero attached hydrogens (tertiary/aromatic N) is 4. The highest BCUT2D eigenvalue weighted by molar-refractivity contribution is 5.81. The molecule has 1 aromatic carbocycles. The Morgan fingerprint density at radius 2 is 1.90 bits per heavy atom. The Bertz CT molecular complexity index is 1150. The van der Waals surface area contributed by atoms with Crippen LogP contribution < -0.4 is 5.32 Å². The van der Waals surface area contributed by atoms with Crippen molar-refractivity contribution in [1.82, 2.24) is 19.7 Å². The highest BCUT2D eigenvalue weighted by Crippen LogP contribution is 2.30. The third-order valence-corrected chi connectivity index (χ3v) is 6.38. The second kappa shape index (κ2) is 8.53. The zero-order valence-corrected chi connectivity index (χ0v) is 18.3. The molecule has 6 nitrogen and oxygen atoms in total. The molecule has 160 valence electrons. The first kappa shape index (κ1) is 19.8. The van der Waals surface area contributed by atoms with E-state index in [9.17, 15) is 0 Å². The number of imidazole rings is 1. The Hall–Kier alpha value is -3.15. The van der Waals surface area contributed by atoms with Crippen LogP contribution in [-0.4, -0.2) is 26.2 Å². The van der Waals surface area contributed by atoms with Crippen molar-refractivity contribution >= 4 is 17.1 Å². The van der Waals surface area contributed by atoms with Crippen molar-refractivity contribution in [2.24, 2.45) is 5.92 Å². The fourth-order valence-corrected chi connectivity index (χ4v) is 4.73. The zero-order chi connectivity index (χ0) is 21.2. The number of anilines is 1. The van der Waals surface area contributed by atoms with Gasteiger partial charge in [0.25, 0.3) is 0 Å². The first-order valence-corrected chi connectivity index (χ1v) is 11.3. The molecule has 0 spiro atoms. The van der Waals surface area contributed by atoms with Crippen LogP contribution in [0, 0.1) is 19.8 Å². The maximum atomic E-state index is 5.39. The molecule has 31 heavy (non-hydrogen) atoms. The predicted octanol–water partition coefficient (Wildman–Crippen LogP) is 5.74. The predicted molar refractivity (Wildman–Crippen MR) is 123 cm³/mol. The SMILES string of the molecule is Cc1noc(C)c1-c1cnc2nc(NCC3CCCCC3)n(Cc3ccccc3)c2c1. The number of hydrogen-bond donors (Lipinski definition) is 1. The standard InChI is InChI=1S/C25H29N5O/c1-17-23(18(2)31-29-17)21-13-22-24(26-15-21)28-25(27-14-19-9-5-3-6-10-19)30(22)16-20-11-7-4-8-12-20/h4,7-8,11-13,15,19H,3,5-6,9-10,14,16H2,1-2H3,(H,26,27,28). The quantitative estimate of drug-likeness (QED) is 0.435. The van der Waals surface area contributed by atoms with Gasteiger partial charge in [0.05, 0.1) is 17.8 Å². The Kier molecular flexibility index (Phi) is 5.45. The molecular weight excluding hydrogens is 386 g/mol. The van der Waals surface area contributed by atoms with Gasteiger partial charge in [-0.15, -0.1) is 0 Å². The molecule has 0 aliphatic heterocycles. The lowest BCUT2D eigenvalue weighted by atomic mass is 9.89. The van der Waals surface area contributed by atoms with Gasteiger partial charge in [-0.2, -0.15) is 4.98 Å². The molecule has 0 saturated heterocycles. The van der Waals surface area contributed by atoms with E-state index in [1.807, 2.05) is 20.0 Å². The van der Waals surface area contributed by atoms with Crippen molar-refractivity contribution in [3.63, 3.8) is 0 Å². The van der Waals surface area contributed by atoms with Gasteiger partial charge in [0, 0.05) is 23.9 Å². The molecule has 0 radical (unpaired) electrons. The van der Waals surface area contributed by atoms with Crippen LogP contribution in [0.4, 0.5) is 5.95 Å². The van der Waals surface area contributed by atoms with Crippen LogP contribution in [0.5, 0.6) is 0 Å². The van der Waals surface area contributed by atoms with E-state index < -0.39 is 0 Å². The average molecular weight is 416 g/mol. The summed E-state index contributed by atoms with van der Waals surface area (Å²) in [6.07, 6.45) is 8.54. The molecule has 3 heterocycles. The summed E-state index contributed by atoms with van der Waals surface area (Å²) in [6, 6.07) is 12.7. The molecule has 0 bridgehead atoms. The molecule has 0 unspecified atom stereocenters. The molecule has 3 aromatic heterocycles. The van der Waals surface area contributed by atoms with Crippen molar-refractivity contribution in [1.29, 1.82) is 0 Å². The highest BCUT2D eigenvalue weighted by atomic mass is 16.5. The number of aromatic nitrogens is 4. The topological polar surface area (TPSA) is 68.8 Å². The maximum Gasteiger partial charge on any atom is 0.205 e. The van der Waals surface area contributed by atoms with Gasteiger partial charge in [-0.3, -0.25) is 0 Å². The first-order chi connectivity index (χ1) is 15.2. The minimum Gasteiger partial charge on any atom is -0.361 e. The lowest BCUT2D eigenvalue weighted by molar-refractivity contribution is 0.372. The molecule has 0 atom stereocenters. The first-order valence-electron chi connectivity index (χ1n) is 11.3. The summed E-state index contributed by atoms with van der Waals surface area (Å²) in [5, 5.41) is 7.76. The van der Waals surface area contributed by atoms with Gasteiger partial charge in [0.1, 0.15) is 5.76 Å². The lowest BCUT2D eigenvalue weighted by Gasteiger charge is -2.22. The molecule has 1 aliphatic carbocycles. The van der Waals surface area contributed by atoms with Crippen LogP contribution in [0.25, 0.3) is 22.3 Å². The third-order valence-electron chi connectivity index (χ3n) is 6.38. The number of hydrogen-bond acceptors (Lipinski definition) is 5. The van der Waals surface area contributed by atoms with Crippen LogP contribution in [-0.2, 0) is 6.54 Å². The van der Waals surface area contributed by atoms with Gasteiger partial charge in [-0.05, 0) is 44.2 Å². The fraction of sp³-hybridized carbons (Fsp3) is 0.400. The van der Waals surface area contributed by atoms with Crippen molar-refractivity contribution in [2.75, 3.05) is 11.9 Å². The van der Waals surface area contributed by atoms with Crippen LogP contribution in [0.1, 0.15) is 49.1 Å². The van der Waals surface area contributed by atoms with Crippen LogP contribution >= 0.6 is 0 Å². The van der Waals surface area contributed by atoms with E-state index in [1.54, 1.807) is 0 Å². The number of rotatable bonds is 6. The van der Waals surface area contributed by atoms with Gasteiger partial charge in [-0.1, -0.05) is 54.8 Å². The number of fused-ring (bicyclic) bond motifs is 1. The van der Waals surface area contributed by atoms with Crippen LogP contribution in [0.15, 0.2) is 47.1 Å². The second-order valence-electron chi connectivity index (χ2n) is 8.66. The zero-order valence-electron chi connectivity index (χ0n) is 18.3. The summed E-state index contributed by atoms with van der Waals surface area (Å²) in [5.74, 6) is 2.43. The van der Waals surface area contributed by atoms with Crippen molar-refractivity contribution in [3.05, 3.63) is 59.6 Å². The summed E-state index contributed by atoms with van der Waals surface area (Å²) in [6.45, 7) is 5.62. The van der Waals surface area contributed by atoms with Crippen molar-refractivity contribution in [3.8, 4) is 11.1 Å². The van der Waals surface area contributed by atoms with E-state index in [4.69, 9.17) is 14.5 Å². The molecule has 4 aromatic rings. The number of aryl methyl sites for hydroxylation is 2.